The van der Waals surface area contributed by atoms with Gasteiger partial charge in [-0.15, -0.1) is 11.8 Å². The van der Waals surface area contributed by atoms with Crippen molar-refractivity contribution in [2.45, 2.75) is 64.4 Å². The van der Waals surface area contributed by atoms with Crippen LogP contribution >= 0.6 is 11.8 Å². The van der Waals surface area contributed by atoms with Crippen molar-refractivity contribution in [2.75, 3.05) is 12.4 Å². The number of amides is 2. The van der Waals surface area contributed by atoms with Crippen LogP contribution in [0.4, 0.5) is 4.79 Å². The lowest BCUT2D eigenvalue weighted by molar-refractivity contribution is -0.126. The molecule has 0 radical (unpaired) electrons. The van der Waals surface area contributed by atoms with E-state index in [4.69, 9.17) is 4.74 Å². The van der Waals surface area contributed by atoms with Crippen molar-refractivity contribution < 1.29 is 14.3 Å². The molecule has 1 heterocycles. The second-order valence-electron chi connectivity index (χ2n) is 6.52. The molecule has 1 atom stereocenters. The SMILES string of the molecule is CCCNC(=O)[C@H]1N(C(=O)OC(C)(C)C)CSC1(C)C. The number of rotatable bonds is 3. The van der Waals surface area contributed by atoms with E-state index in [1.54, 1.807) is 11.8 Å². The lowest BCUT2D eigenvalue weighted by atomic mass is 10.0. The van der Waals surface area contributed by atoms with E-state index in [2.05, 4.69) is 5.32 Å². The molecule has 1 saturated heterocycles. The van der Waals surface area contributed by atoms with E-state index in [-0.39, 0.29) is 10.7 Å². The third kappa shape index (κ3) is 4.30. The molecule has 6 heteroatoms. The fourth-order valence-corrected chi connectivity index (χ4v) is 3.16. The number of carbonyl (C=O) groups excluding carboxylic acids is 2. The van der Waals surface area contributed by atoms with Crippen LogP contribution in [0.5, 0.6) is 0 Å². The van der Waals surface area contributed by atoms with E-state index in [1.807, 2.05) is 41.5 Å². The van der Waals surface area contributed by atoms with Crippen LogP contribution in [0.15, 0.2) is 0 Å². The molecule has 0 aliphatic carbocycles. The van der Waals surface area contributed by atoms with Gasteiger partial charge in [-0.05, 0) is 41.0 Å². The summed E-state index contributed by atoms with van der Waals surface area (Å²) in [5.74, 6) is 0.374. The van der Waals surface area contributed by atoms with Gasteiger partial charge in [-0.25, -0.2) is 4.79 Å². The van der Waals surface area contributed by atoms with E-state index in [9.17, 15) is 9.59 Å². The molecular formula is C14H26N2O3S. The van der Waals surface area contributed by atoms with Crippen LogP contribution in [-0.4, -0.2) is 45.7 Å². The van der Waals surface area contributed by atoms with Crippen LogP contribution in [0.1, 0.15) is 48.0 Å². The van der Waals surface area contributed by atoms with Crippen molar-refractivity contribution in [2.24, 2.45) is 0 Å². The second kappa shape index (κ2) is 6.24. The Balaban J connectivity index is 2.84. The van der Waals surface area contributed by atoms with Gasteiger partial charge in [-0.1, -0.05) is 6.92 Å². The van der Waals surface area contributed by atoms with Crippen molar-refractivity contribution in [3.63, 3.8) is 0 Å². The fraction of sp³-hybridized carbons (Fsp3) is 0.857. The topological polar surface area (TPSA) is 58.6 Å². The number of thioether (sulfide) groups is 1. The van der Waals surface area contributed by atoms with Crippen molar-refractivity contribution in [1.29, 1.82) is 0 Å². The molecule has 20 heavy (non-hydrogen) atoms. The Morgan fingerprint density at radius 1 is 1.40 bits per heavy atom. The third-order valence-electron chi connectivity index (χ3n) is 2.97. The Hall–Kier alpha value is -0.910. The summed E-state index contributed by atoms with van der Waals surface area (Å²) in [5, 5.41) is 2.88. The Labute approximate surface area is 125 Å². The van der Waals surface area contributed by atoms with Gasteiger partial charge in [0.25, 0.3) is 0 Å². The molecule has 0 unspecified atom stereocenters. The zero-order chi connectivity index (χ0) is 15.6. The van der Waals surface area contributed by atoms with Gasteiger partial charge in [0, 0.05) is 11.3 Å². The summed E-state index contributed by atoms with van der Waals surface area (Å²) in [7, 11) is 0. The number of nitrogens with zero attached hydrogens (tertiary/aromatic N) is 1. The van der Waals surface area contributed by atoms with Crippen molar-refractivity contribution in [3.8, 4) is 0 Å². The second-order valence-corrected chi connectivity index (χ2v) is 8.12. The minimum absolute atomic E-state index is 0.104. The van der Waals surface area contributed by atoms with Gasteiger partial charge >= 0.3 is 6.09 Å². The summed E-state index contributed by atoms with van der Waals surface area (Å²) in [4.78, 5) is 26.1. The predicted octanol–water partition coefficient (Wildman–Crippen LogP) is 2.60. The molecule has 2 amide bonds. The molecule has 1 aliphatic heterocycles. The zero-order valence-electron chi connectivity index (χ0n) is 13.3. The van der Waals surface area contributed by atoms with Crippen LogP contribution in [0.25, 0.3) is 0 Å². The van der Waals surface area contributed by atoms with Gasteiger partial charge < -0.3 is 10.1 Å². The quantitative estimate of drug-likeness (QED) is 0.870. The number of carbonyl (C=O) groups is 2. The summed E-state index contributed by atoms with van der Waals surface area (Å²) in [5.41, 5.74) is -0.557. The summed E-state index contributed by atoms with van der Waals surface area (Å²) >= 11 is 1.60. The standard InChI is InChI=1S/C14H26N2O3S/c1-7-8-15-11(17)10-14(5,6)20-9-16(10)12(18)19-13(2,3)4/h10H,7-9H2,1-6H3,(H,15,17)/t10-/m1/s1. The van der Waals surface area contributed by atoms with Crippen LogP contribution in [0.2, 0.25) is 0 Å². The molecule has 0 bridgehead atoms. The van der Waals surface area contributed by atoms with E-state index < -0.39 is 17.7 Å². The third-order valence-corrected chi connectivity index (χ3v) is 4.35. The van der Waals surface area contributed by atoms with Gasteiger partial charge in [-0.2, -0.15) is 0 Å². The molecule has 0 saturated carbocycles. The average molecular weight is 302 g/mol. The first-order valence-corrected chi connectivity index (χ1v) is 7.98. The Morgan fingerprint density at radius 2 is 2.00 bits per heavy atom. The van der Waals surface area contributed by atoms with Crippen molar-refractivity contribution in [3.05, 3.63) is 0 Å². The number of hydrogen-bond acceptors (Lipinski definition) is 4. The Kier molecular flexibility index (Phi) is 5.35. The summed E-state index contributed by atoms with van der Waals surface area (Å²) < 4.78 is 5.08. The highest BCUT2D eigenvalue weighted by Crippen LogP contribution is 2.39. The first-order valence-electron chi connectivity index (χ1n) is 7.00. The lowest BCUT2D eigenvalue weighted by Gasteiger charge is -2.31. The smallest absolute Gasteiger partial charge is 0.411 e. The van der Waals surface area contributed by atoms with E-state index in [0.717, 1.165) is 6.42 Å². The summed E-state index contributed by atoms with van der Waals surface area (Å²) in [6.45, 7) is 12.1. The maximum atomic E-state index is 12.3. The zero-order valence-corrected chi connectivity index (χ0v) is 14.1. The van der Waals surface area contributed by atoms with E-state index in [1.165, 1.54) is 4.90 Å². The van der Waals surface area contributed by atoms with Gasteiger partial charge in [0.1, 0.15) is 11.6 Å². The molecule has 0 aromatic carbocycles. The normalized spacial score (nSPS) is 21.7. The van der Waals surface area contributed by atoms with Gasteiger partial charge in [0.15, 0.2) is 0 Å². The molecule has 1 N–H and O–H groups in total. The summed E-state index contributed by atoms with van der Waals surface area (Å²) in [6.07, 6.45) is 0.450. The fourth-order valence-electron chi connectivity index (χ4n) is 2.05. The Morgan fingerprint density at radius 3 is 2.50 bits per heavy atom. The highest BCUT2D eigenvalue weighted by atomic mass is 32.2. The van der Waals surface area contributed by atoms with Crippen LogP contribution in [-0.2, 0) is 9.53 Å². The van der Waals surface area contributed by atoms with E-state index in [0.29, 0.717) is 12.4 Å². The van der Waals surface area contributed by atoms with Crippen LogP contribution in [0, 0.1) is 0 Å². The minimum Gasteiger partial charge on any atom is -0.444 e. The monoisotopic (exact) mass is 302 g/mol. The number of ether oxygens (including phenoxy) is 1. The lowest BCUT2D eigenvalue weighted by Crippen LogP contribution is -2.54. The van der Waals surface area contributed by atoms with Crippen molar-refractivity contribution in [1.82, 2.24) is 10.2 Å². The molecule has 1 rings (SSSR count). The number of nitrogens with one attached hydrogen (secondary N) is 1. The largest absolute Gasteiger partial charge is 0.444 e. The molecule has 0 aromatic rings. The van der Waals surface area contributed by atoms with Gasteiger partial charge in [0.05, 0.1) is 5.88 Å². The van der Waals surface area contributed by atoms with Crippen molar-refractivity contribution >= 4 is 23.8 Å². The van der Waals surface area contributed by atoms with E-state index >= 15 is 0 Å². The van der Waals surface area contributed by atoms with Crippen LogP contribution in [0.3, 0.4) is 0 Å². The minimum atomic E-state index is -0.557. The molecule has 1 aliphatic rings. The molecule has 1 fully saturated rings. The predicted molar refractivity (Wildman–Crippen MR) is 81.7 cm³/mol. The highest BCUT2D eigenvalue weighted by Gasteiger charge is 2.48. The van der Waals surface area contributed by atoms with Gasteiger partial charge in [0.2, 0.25) is 5.91 Å². The summed E-state index contributed by atoms with van der Waals surface area (Å²) in [6, 6.07) is -0.492. The molecule has 116 valence electrons. The maximum Gasteiger partial charge on any atom is 0.411 e. The first-order chi connectivity index (χ1) is 9.08. The Bertz CT molecular complexity index is 377. The van der Waals surface area contributed by atoms with Crippen LogP contribution < -0.4 is 5.32 Å². The highest BCUT2D eigenvalue weighted by molar-refractivity contribution is 8.00. The first kappa shape index (κ1) is 17.1. The molecule has 0 aromatic heterocycles. The average Bonchev–Trinajstić information content (AvgIpc) is 2.59. The molecule has 5 nitrogen and oxygen atoms in total. The number of hydrogen-bond donors (Lipinski definition) is 1. The molecular weight excluding hydrogens is 276 g/mol. The maximum absolute atomic E-state index is 12.3. The molecule has 0 spiro atoms. The van der Waals surface area contributed by atoms with Gasteiger partial charge in [-0.3, -0.25) is 9.69 Å².